The highest BCUT2D eigenvalue weighted by Crippen LogP contribution is 2.52. The predicted molar refractivity (Wildman–Crippen MR) is 562 cm³/mol. The molecule has 0 saturated heterocycles. The summed E-state index contributed by atoms with van der Waals surface area (Å²) in [7, 11) is 0. The van der Waals surface area contributed by atoms with Crippen LogP contribution >= 0.6 is 0 Å². The molecule has 644 valence electrons. The van der Waals surface area contributed by atoms with Crippen LogP contribution in [0, 0.1) is 13.8 Å². The molecule has 132 heavy (non-hydrogen) atoms. The summed E-state index contributed by atoms with van der Waals surface area (Å²) >= 11 is 0. The molecule has 0 aliphatic heterocycles. The summed E-state index contributed by atoms with van der Waals surface area (Å²) in [5, 5.41) is 23.0. The summed E-state index contributed by atoms with van der Waals surface area (Å²) in [6.45, 7) is 22.2. The predicted octanol–water partition coefficient (Wildman–Crippen LogP) is 37.3. The Morgan fingerprint density at radius 1 is 0.205 bits per heavy atom. The molecule has 20 aromatic carbocycles. The number of hydrogen-bond acceptors (Lipinski definition) is 8. The van der Waals surface area contributed by atoms with E-state index in [1.807, 2.05) is 0 Å². The first-order valence-electron chi connectivity index (χ1n) is 47.4. The molecule has 8 nitrogen and oxygen atoms in total. The second-order valence-corrected chi connectivity index (χ2v) is 37.2. The van der Waals surface area contributed by atoms with Gasteiger partial charge in [-0.05, 0) is 300 Å². The highest BCUT2D eigenvalue weighted by atomic mass is 16.3. The molecule has 4 heterocycles. The highest BCUT2D eigenvalue weighted by Gasteiger charge is 2.28. The third kappa shape index (κ3) is 14.1. The van der Waals surface area contributed by atoms with Crippen molar-refractivity contribution in [1.29, 1.82) is 0 Å². The van der Waals surface area contributed by atoms with Crippen LogP contribution in [-0.2, 0) is 25.7 Å². The van der Waals surface area contributed by atoms with Crippen LogP contribution in [0.25, 0.3) is 152 Å². The minimum atomic E-state index is 0.463. The molecule has 8 heteroatoms. The van der Waals surface area contributed by atoms with Gasteiger partial charge in [0, 0.05) is 179 Å². The lowest BCUT2D eigenvalue weighted by Gasteiger charge is -2.26. The molecule has 0 atom stereocenters. The minimum absolute atomic E-state index is 0.463. The van der Waals surface area contributed by atoms with Gasteiger partial charge in [-0.3, -0.25) is 0 Å². The van der Waals surface area contributed by atoms with Crippen molar-refractivity contribution in [3.63, 3.8) is 0 Å². The molecule has 0 spiro atoms. The maximum Gasteiger partial charge on any atom is 0.143 e. The van der Waals surface area contributed by atoms with E-state index < -0.39 is 0 Å². The van der Waals surface area contributed by atoms with Gasteiger partial charge < -0.3 is 37.3 Å². The molecule has 0 saturated carbocycles. The average molecular weight is 1710 g/mol. The number of aryl methyl sites for hydroxylation is 6. The maximum atomic E-state index is 7.03. The third-order valence-electron chi connectivity index (χ3n) is 27.6. The smallest absolute Gasteiger partial charge is 0.143 e. The van der Waals surface area contributed by atoms with Gasteiger partial charge in [-0.15, -0.1) is 0 Å². The van der Waals surface area contributed by atoms with Gasteiger partial charge in [0.1, 0.15) is 44.7 Å². The minimum Gasteiger partial charge on any atom is -0.455 e. The number of furan rings is 4. The Morgan fingerprint density at radius 3 is 0.652 bits per heavy atom. The fourth-order valence-electron chi connectivity index (χ4n) is 21.1. The Bertz CT molecular complexity index is 7960. The molecule has 0 fully saturated rings. The molecule has 0 bridgehead atoms. The van der Waals surface area contributed by atoms with E-state index in [1.54, 1.807) is 0 Å². The van der Waals surface area contributed by atoms with Crippen LogP contribution in [-0.4, -0.2) is 0 Å². The summed E-state index contributed by atoms with van der Waals surface area (Å²) in [5.74, 6) is 0.927. The summed E-state index contributed by atoms with van der Waals surface area (Å²) in [6, 6.07) is 126. The third-order valence-corrected chi connectivity index (χ3v) is 27.6. The van der Waals surface area contributed by atoms with Gasteiger partial charge in [0.2, 0.25) is 0 Å². The summed E-state index contributed by atoms with van der Waals surface area (Å²) in [6.07, 6.45) is 8.61. The van der Waals surface area contributed by atoms with Crippen LogP contribution in [0.5, 0.6) is 0 Å². The lowest BCUT2D eigenvalue weighted by atomic mass is 9.91. The van der Waals surface area contributed by atoms with Gasteiger partial charge in [0.05, 0.1) is 0 Å². The molecule has 24 aromatic rings. The van der Waals surface area contributed by atoms with Crippen molar-refractivity contribution < 1.29 is 17.7 Å². The maximum absolute atomic E-state index is 7.03. The standard InChI is InChI=1S/C64H56N2O2.C60H48N2O2/c1-5-13-41-17-9-21-47(33-41)65(48-22-10-18-42(34-48)14-6-2)51-27-31-53-57-37-45-26-30-56-62-46(25-29-55(61(45)62)63(57)67-59(53)39-51)38-58-54-32-28-52(40-60(54)68-64(56)58)66(49-23-11-19-43(35-49)15-7-3)50-24-12-20-44(36-50)16-8-4;1-35(2)39-11-21-45(22-12-39)61(43-17-7-37(5)8-18-43)47-25-29-49-53-31-41-16-28-52-58-42(15-27-51(57(41)58)59(53)63-55(49)33-47)32-54-50-30-26-48(34-56(50)64-60(52)54)62(44-19-9-38(6)10-20-44)46-23-13-40(14-24-46)36(3)4/h9-12,17-40H,5-8,13-16H2,1-4H3;7-36H,1-6H3. The van der Waals surface area contributed by atoms with E-state index >= 15 is 0 Å². The fraction of sp³-hybridized carbons (Fsp3) is 0.161. The Morgan fingerprint density at radius 2 is 0.417 bits per heavy atom. The second-order valence-electron chi connectivity index (χ2n) is 37.2. The first kappa shape index (κ1) is 81.4. The van der Waals surface area contributed by atoms with E-state index in [9.17, 15) is 0 Å². The zero-order valence-corrected chi connectivity index (χ0v) is 76.6. The number of nitrogens with zero attached hydrogens (tertiary/aromatic N) is 4. The van der Waals surface area contributed by atoms with Crippen molar-refractivity contribution in [2.24, 2.45) is 0 Å². The molecule has 0 aliphatic rings. The zero-order chi connectivity index (χ0) is 89.3. The van der Waals surface area contributed by atoms with Gasteiger partial charge in [-0.1, -0.05) is 214 Å². The number of benzene rings is 20. The Balaban J connectivity index is 0.000000150. The number of rotatable bonds is 22. The van der Waals surface area contributed by atoms with Crippen LogP contribution in [0.15, 0.2) is 357 Å². The first-order chi connectivity index (χ1) is 64.7. The van der Waals surface area contributed by atoms with Gasteiger partial charge in [-0.25, -0.2) is 0 Å². The van der Waals surface area contributed by atoms with Crippen molar-refractivity contribution in [3.05, 3.63) is 384 Å². The molecule has 0 radical (unpaired) electrons. The van der Waals surface area contributed by atoms with E-state index in [2.05, 4.69) is 429 Å². The zero-order valence-electron chi connectivity index (χ0n) is 76.6. The van der Waals surface area contributed by atoms with Crippen LogP contribution in [0.1, 0.15) is 137 Å². The van der Waals surface area contributed by atoms with Gasteiger partial charge in [0.15, 0.2) is 0 Å². The highest BCUT2D eigenvalue weighted by molar-refractivity contribution is 6.36. The van der Waals surface area contributed by atoms with Crippen molar-refractivity contribution in [2.45, 2.75) is 132 Å². The quantitative estimate of drug-likeness (QED) is 0.0622. The molecule has 0 amide bonds. The second kappa shape index (κ2) is 33.1. The summed E-state index contributed by atoms with van der Waals surface area (Å²) in [5.41, 5.74) is 30.9. The molecule has 4 aromatic heterocycles. The van der Waals surface area contributed by atoms with E-state index in [0.717, 1.165) is 229 Å². The Hall–Kier alpha value is -15.1. The van der Waals surface area contributed by atoms with E-state index in [0.29, 0.717) is 11.8 Å². The molecule has 0 aliphatic carbocycles. The van der Waals surface area contributed by atoms with E-state index in [4.69, 9.17) is 17.7 Å². The summed E-state index contributed by atoms with van der Waals surface area (Å²) in [4.78, 5) is 9.42. The van der Waals surface area contributed by atoms with E-state index in [1.165, 1.54) is 87.6 Å². The van der Waals surface area contributed by atoms with Crippen LogP contribution in [0.4, 0.5) is 68.2 Å². The Kier molecular flexibility index (Phi) is 20.4. The van der Waals surface area contributed by atoms with Gasteiger partial charge in [-0.2, -0.15) is 0 Å². The molecular formula is C124H104N4O4. The molecule has 24 rings (SSSR count). The molecule has 0 unspecified atom stereocenters. The Labute approximate surface area is 769 Å². The van der Waals surface area contributed by atoms with Crippen molar-refractivity contribution in [2.75, 3.05) is 19.6 Å². The average Bonchev–Trinajstić information content (AvgIpc) is 1.58. The van der Waals surface area contributed by atoms with Crippen LogP contribution in [0.2, 0.25) is 0 Å². The topological polar surface area (TPSA) is 65.5 Å². The lowest BCUT2D eigenvalue weighted by molar-refractivity contribution is 0.672. The van der Waals surface area contributed by atoms with E-state index in [-0.39, 0.29) is 0 Å². The monoisotopic (exact) mass is 1710 g/mol. The van der Waals surface area contributed by atoms with Crippen molar-refractivity contribution in [1.82, 2.24) is 0 Å². The van der Waals surface area contributed by atoms with Crippen LogP contribution in [0.3, 0.4) is 0 Å². The molecular weight excluding hydrogens is 1610 g/mol. The largest absolute Gasteiger partial charge is 0.455 e. The van der Waals surface area contributed by atoms with Crippen molar-refractivity contribution >= 4 is 221 Å². The normalized spacial score (nSPS) is 12.1. The number of hydrogen-bond donors (Lipinski definition) is 0. The lowest BCUT2D eigenvalue weighted by Crippen LogP contribution is -2.10. The first-order valence-corrected chi connectivity index (χ1v) is 47.4. The SMILES string of the molecule is CCCc1cccc(N(c2cccc(CCC)c2)c2ccc3c(c2)oc2c3cc3ccc4c5oc6cc(N(c7cccc(CCC)c7)c7cccc(CCC)c7)ccc6c5cc5ccc2c3c54)c1.Cc1ccc(N(c2ccc(C(C)C)cc2)c2ccc3c(c2)oc2c3cc3ccc4c5oc6cc(N(c7ccc(C)cc7)c7ccc(C(C)C)cc7)ccc6c5cc5ccc2c3c54)cc1. The summed E-state index contributed by atoms with van der Waals surface area (Å²) < 4.78 is 28.0. The van der Waals surface area contributed by atoms with Gasteiger partial charge >= 0.3 is 0 Å². The van der Waals surface area contributed by atoms with Gasteiger partial charge in [0.25, 0.3) is 0 Å². The fourth-order valence-corrected chi connectivity index (χ4v) is 21.1. The number of fused-ring (bicyclic) bond motifs is 16. The van der Waals surface area contributed by atoms with Crippen molar-refractivity contribution in [3.8, 4) is 0 Å². The number of anilines is 12. The van der Waals surface area contributed by atoms with Crippen LogP contribution < -0.4 is 19.6 Å². The molecule has 0 N–H and O–H groups in total.